The lowest BCUT2D eigenvalue weighted by Gasteiger charge is -2.24. The number of nitrogens with one attached hydrogen (secondary N) is 2. The minimum absolute atomic E-state index is 0.0444. The van der Waals surface area contributed by atoms with Crippen LogP contribution < -0.4 is 21.1 Å². The standard InChI is InChI=1S/C18H15F2N5O3/c1-7-10(4-24-17-16(7)23-6-12(19)28-17)9-2-8-3-13(25-18(26)27)22-5-11(8)15(21)14(9)20/h2-5,12,23H,6,21H2,1H3,(H,22,25)(H,26,27). The van der Waals surface area contributed by atoms with E-state index in [-0.39, 0.29) is 29.5 Å². The van der Waals surface area contributed by atoms with E-state index in [1.54, 1.807) is 6.92 Å². The Bertz CT molecular complexity index is 1120. The van der Waals surface area contributed by atoms with Crippen molar-refractivity contribution in [3.8, 4) is 17.0 Å². The minimum atomic E-state index is -1.51. The highest BCUT2D eigenvalue weighted by molar-refractivity contribution is 5.99. The highest BCUT2D eigenvalue weighted by Crippen LogP contribution is 2.40. The van der Waals surface area contributed by atoms with Gasteiger partial charge in [0.15, 0.2) is 5.82 Å². The van der Waals surface area contributed by atoms with E-state index in [1.165, 1.54) is 24.5 Å². The maximum atomic E-state index is 15.0. The first-order valence-corrected chi connectivity index (χ1v) is 8.27. The van der Waals surface area contributed by atoms with Crippen molar-refractivity contribution in [2.75, 3.05) is 22.9 Å². The number of carbonyl (C=O) groups is 1. The summed E-state index contributed by atoms with van der Waals surface area (Å²) in [6.07, 6.45) is -0.0905. The SMILES string of the molecule is Cc1c(-c2cc3cc(NC(=O)O)ncc3c(N)c2F)cnc2c1NCC(F)O2. The molecule has 28 heavy (non-hydrogen) atoms. The molecule has 1 aromatic carbocycles. The number of ether oxygens (including phenoxy) is 1. The highest BCUT2D eigenvalue weighted by atomic mass is 19.1. The average molecular weight is 387 g/mol. The first-order chi connectivity index (χ1) is 13.3. The molecule has 5 N–H and O–H groups in total. The van der Waals surface area contributed by atoms with Gasteiger partial charge in [-0.1, -0.05) is 0 Å². The zero-order chi connectivity index (χ0) is 20.0. The molecule has 1 aliphatic heterocycles. The van der Waals surface area contributed by atoms with E-state index in [2.05, 4.69) is 20.6 Å². The van der Waals surface area contributed by atoms with Crippen molar-refractivity contribution in [1.29, 1.82) is 0 Å². The van der Waals surface area contributed by atoms with Gasteiger partial charge >= 0.3 is 6.09 Å². The molecule has 0 radical (unpaired) electrons. The molecule has 0 spiro atoms. The first kappa shape index (κ1) is 17.7. The van der Waals surface area contributed by atoms with Crippen LogP contribution in [0.2, 0.25) is 0 Å². The monoisotopic (exact) mass is 387 g/mol. The van der Waals surface area contributed by atoms with E-state index in [0.29, 0.717) is 27.6 Å². The number of aromatic nitrogens is 2. The normalized spacial score (nSPS) is 15.5. The van der Waals surface area contributed by atoms with Crippen LogP contribution in [0.5, 0.6) is 5.88 Å². The molecule has 4 rings (SSSR count). The Kier molecular flexibility index (Phi) is 4.10. The molecule has 0 saturated carbocycles. The van der Waals surface area contributed by atoms with Gasteiger partial charge in [0.1, 0.15) is 11.5 Å². The van der Waals surface area contributed by atoms with Crippen molar-refractivity contribution in [2.24, 2.45) is 0 Å². The number of fused-ring (bicyclic) bond motifs is 2. The lowest BCUT2D eigenvalue weighted by atomic mass is 9.97. The quantitative estimate of drug-likeness (QED) is 0.496. The predicted octanol–water partition coefficient (Wildman–Crippen LogP) is 3.52. The smallest absolute Gasteiger partial charge is 0.410 e. The van der Waals surface area contributed by atoms with Crippen molar-refractivity contribution in [2.45, 2.75) is 13.3 Å². The number of hydrogen-bond acceptors (Lipinski definition) is 6. The Morgan fingerprint density at radius 1 is 1.36 bits per heavy atom. The fraction of sp³-hybridized carbons (Fsp3) is 0.167. The van der Waals surface area contributed by atoms with Crippen molar-refractivity contribution in [1.82, 2.24) is 9.97 Å². The molecule has 0 saturated heterocycles. The van der Waals surface area contributed by atoms with Gasteiger partial charge in [-0.2, -0.15) is 4.39 Å². The summed E-state index contributed by atoms with van der Waals surface area (Å²) in [7, 11) is 0. The summed E-state index contributed by atoms with van der Waals surface area (Å²) in [5.74, 6) is -0.467. The average Bonchev–Trinajstić information content (AvgIpc) is 2.64. The van der Waals surface area contributed by atoms with Gasteiger partial charge in [0.2, 0.25) is 5.88 Å². The summed E-state index contributed by atoms with van der Waals surface area (Å²) in [5.41, 5.74) is 7.55. The van der Waals surface area contributed by atoms with Gasteiger partial charge in [0.25, 0.3) is 6.36 Å². The van der Waals surface area contributed by atoms with Crippen LogP contribution in [0.25, 0.3) is 21.9 Å². The Balaban J connectivity index is 1.89. The number of benzene rings is 1. The number of nitrogen functional groups attached to an aromatic ring is 1. The molecule has 3 aromatic rings. The lowest BCUT2D eigenvalue weighted by Crippen LogP contribution is -2.27. The lowest BCUT2D eigenvalue weighted by molar-refractivity contribution is 0.0688. The van der Waals surface area contributed by atoms with Crippen LogP contribution in [0.3, 0.4) is 0 Å². The van der Waals surface area contributed by atoms with Crippen LogP contribution in [0.15, 0.2) is 24.5 Å². The van der Waals surface area contributed by atoms with E-state index in [4.69, 9.17) is 15.6 Å². The van der Waals surface area contributed by atoms with Gasteiger partial charge < -0.3 is 20.9 Å². The van der Waals surface area contributed by atoms with Crippen LogP contribution in [-0.4, -0.2) is 34.1 Å². The third-order valence-electron chi connectivity index (χ3n) is 4.51. The zero-order valence-electron chi connectivity index (χ0n) is 14.6. The molecule has 3 heterocycles. The number of hydrogen-bond donors (Lipinski definition) is 4. The number of amides is 1. The molecule has 144 valence electrons. The minimum Gasteiger partial charge on any atom is -0.465 e. The summed E-state index contributed by atoms with van der Waals surface area (Å²) in [6.45, 7) is 1.69. The number of halogens is 2. The van der Waals surface area contributed by atoms with Crippen LogP contribution >= 0.6 is 0 Å². The van der Waals surface area contributed by atoms with Gasteiger partial charge in [-0.3, -0.25) is 5.32 Å². The molecule has 1 amide bonds. The second-order valence-electron chi connectivity index (χ2n) is 6.26. The first-order valence-electron chi connectivity index (χ1n) is 8.27. The number of nitrogens with two attached hydrogens (primary N) is 1. The molecular weight excluding hydrogens is 372 g/mol. The molecule has 0 fully saturated rings. The number of nitrogens with zero attached hydrogens (tertiary/aromatic N) is 2. The molecule has 0 aliphatic carbocycles. The number of carboxylic acid groups (broad SMARTS) is 1. The fourth-order valence-corrected chi connectivity index (χ4v) is 3.17. The third kappa shape index (κ3) is 2.88. The molecule has 8 nitrogen and oxygen atoms in total. The van der Waals surface area contributed by atoms with E-state index < -0.39 is 18.3 Å². The van der Waals surface area contributed by atoms with Gasteiger partial charge in [0.05, 0.1) is 12.2 Å². The van der Waals surface area contributed by atoms with E-state index in [0.717, 1.165) is 0 Å². The number of anilines is 3. The van der Waals surface area contributed by atoms with Crippen LogP contribution in [0.1, 0.15) is 5.56 Å². The van der Waals surface area contributed by atoms with Crippen LogP contribution in [-0.2, 0) is 0 Å². The van der Waals surface area contributed by atoms with Crippen molar-refractivity contribution < 1.29 is 23.4 Å². The summed E-state index contributed by atoms with van der Waals surface area (Å²) in [6, 6.07) is 2.99. The maximum absolute atomic E-state index is 15.0. The molecule has 2 aromatic heterocycles. The summed E-state index contributed by atoms with van der Waals surface area (Å²) in [5, 5.41) is 14.7. The Morgan fingerprint density at radius 2 is 2.14 bits per heavy atom. The van der Waals surface area contributed by atoms with E-state index >= 15 is 4.39 Å². The zero-order valence-corrected chi connectivity index (χ0v) is 14.6. The Morgan fingerprint density at radius 3 is 2.89 bits per heavy atom. The second-order valence-corrected chi connectivity index (χ2v) is 6.26. The summed E-state index contributed by atoms with van der Waals surface area (Å²) >= 11 is 0. The third-order valence-corrected chi connectivity index (χ3v) is 4.51. The molecule has 0 bridgehead atoms. The largest absolute Gasteiger partial charge is 0.465 e. The topological polar surface area (TPSA) is 122 Å². The number of pyridine rings is 2. The highest BCUT2D eigenvalue weighted by Gasteiger charge is 2.24. The van der Waals surface area contributed by atoms with E-state index in [1.807, 2.05) is 0 Å². The Labute approximate surface area is 157 Å². The predicted molar refractivity (Wildman–Crippen MR) is 99.7 cm³/mol. The van der Waals surface area contributed by atoms with Gasteiger partial charge in [-0.05, 0) is 30.0 Å². The maximum Gasteiger partial charge on any atom is 0.410 e. The summed E-state index contributed by atoms with van der Waals surface area (Å²) in [4.78, 5) is 18.8. The van der Waals surface area contributed by atoms with Crippen molar-refractivity contribution in [3.05, 3.63) is 35.9 Å². The Hall–Kier alpha value is -3.69. The van der Waals surface area contributed by atoms with Crippen LogP contribution in [0, 0.1) is 12.7 Å². The molecule has 1 atom stereocenters. The van der Waals surface area contributed by atoms with Crippen LogP contribution in [0.4, 0.5) is 30.8 Å². The molecular formula is C18H15F2N5O3. The van der Waals surface area contributed by atoms with Crippen molar-refractivity contribution in [3.63, 3.8) is 0 Å². The van der Waals surface area contributed by atoms with Gasteiger partial charge in [0, 0.05) is 28.9 Å². The number of rotatable bonds is 2. The summed E-state index contributed by atoms with van der Waals surface area (Å²) < 4.78 is 33.4. The van der Waals surface area contributed by atoms with E-state index in [9.17, 15) is 9.18 Å². The number of alkyl halides is 1. The second kappa shape index (κ2) is 6.48. The fourth-order valence-electron chi connectivity index (χ4n) is 3.17. The van der Waals surface area contributed by atoms with Gasteiger partial charge in [-0.25, -0.2) is 19.2 Å². The van der Waals surface area contributed by atoms with Gasteiger partial charge in [-0.15, -0.1) is 0 Å². The van der Waals surface area contributed by atoms with Crippen molar-refractivity contribution >= 4 is 34.1 Å². The molecule has 1 aliphatic rings. The molecule has 1 unspecified atom stereocenters. The molecule has 10 heteroatoms.